The van der Waals surface area contributed by atoms with E-state index in [4.69, 9.17) is 0 Å². The molecule has 3 heteroatoms. The van der Waals surface area contributed by atoms with Crippen molar-refractivity contribution >= 4 is 0 Å². The van der Waals surface area contributed by atoms with E-state index in [1.54, 1.807) is 19.4 Å². The number of hydrogen-bond acceptors (Lipinski definition) is 2. The van der Waals surface area contributed by atoms with Gasteiger partial charge in [0, 0.05) is 0 Å². The molecule has 0 saturated heterocycles. The first-order valence-corrected chi connectivity index (χ1v) is 5.31. The van der Waals surface area contributed by atoms with Crippen molar-refractivity contribution in [2.24, 2.45) is 0 Å². The van der Waals surface area contributed by atoms with Crippen LogP contribution in [0.2, 0.25) is 0 Å². The van der Waals surface area contributed by atoms with Crippen LogP contribution in [0.3, 0.4) is 0 Å². The van der Waals surface area contributed by atoms with Crippen LogP contribution < -0.4 is 0 Å². The number of aromatic amines is 1. The highest BCUT2D eigenvalue weighted by Gasteiger charge is 2.28. The summed E-state index contributed by atoms with van der Waals surface area (Å²) in [6.45, 7) is 5.85. The second kappa shape index (κ2) is 3.76. The molecule has 2 aromatic rings. The fourth-order valence-electron chi connectivity index (χ4n) is 1.95. The van der Waals surface area contributed by atoms with Crippen molar-refractivity contribution in [3.05, 3.63) is 53.1 Å². The first-order valence-electron chi connectivity index (χ1n) is 5.31. The molecule has 3 nitrogen and oxygen atoms in total. The Morgan fingerprint density at radius 3 is 2.69 bits per heavy atom. The van der Waals surface area contributed by atoms with E-state index in [0.717, 1.165) is 11.1 Å². The Kier molecular flexibility index (Phi) is 2.56. The number of aryl methyl sites for hydroxylation is 1. The zero-order valence-corrected chi connectivity index (χ0v) is 9.78. The molecule has 0 saturated carbocycles. The van der Waals surface area contributed by atoms with Crippen molar-refractivity contribution in [3.8, 4) is 0 Å². The minimum absolute atomic E-state index is 0.709. The molecule has 16 heavy (non-hydrogen) atoms. The SMILES string of the molecule is Cc1cccc([C@](C)(O)c2cnc[nH]2)c1C. The number of H-pyrrole nitrogens is 1. The standard InChI is InChI=1S/C13H16N2O/c1-9-5-4-6-11(10(9)2)13(3,16)12-7-14-8-15-12/h4-8,16H,1-3H3,(H,14,15)/t13-/m0/s1. The molecule has 2 rings (SSSR count). The summed E-state index contributed by atoms with van der Waals surface area (Å²) in [5, 5.41) is 10.6. The predicted molar refractivity (Wildman–Crippen MR) is 63.2 cm³/mol. The lowest BCUT2D eigenvalue weighted by atomic mass is 9.88. The van der Waals surface area contributed by atoms with E-state index >= 15 is 0 Å². The largest absolute Gasteiger partial charge is 0.379 e. The van der Waals surface area contributed by atoms with E-state index in [0.29, 0.717) is 5.69 Å². The van der Waals surface area contributed by atoms with Crippen molar-refractivity contribution in [2.45, 2.75) is 26.4 Å². The maximum Gasteiger partial charge on any atom is 0.128 e. The van der Waals surface area contributed by atoms with Crippen molar-refractivity contribution < 1.29 is 5.11 Å². The first kappa shape index (κ1) is 10.9. The monoisotopic (exact) mass is 216 g/mol. The summed E-state index contributed by atoms with van der Waals surface area (Å²) in [7, 11) is 0. The van der Waals surface area contributed by atoms with Crippen LogP contribution in [0.15, 0.2) is 30.7 Å². The van der Waals surface area contributed by atoms with Gasteiger partial charge in [-0.05, 0) is 37.5 Å². The van der Waals surface area contributed by atoms with Gasteiger partial charge in [-0.25, -0.2) is 4.98 Å². The number of imidazole rings is 1. The van der Waals surface area contributed by atoms with Crippen LogP contribution in [-0.4, -0.2) is 15.1 Å². The molecule has 2 N–H and O–H groups in total. The summed E-state index contributed by atoms with van der Waals surface area (Å²) in [4.78, 5) is 6.91. The van der Waals surface area contributed by atoms with E-state index < -0.39 is 5.60 Å². The topological polar surface area (TPSA) is 48.9 Å². The van der Waals surface area contributed by atoms with Gasteiger partial charge in [-0.2, -0.15) is 0 Å². The van der Waals surface area contributed by atoms with Gasteiger partial charge in [-0.15, -0.1) is 0 Å². The maximum absolute atomic E-state index is 10.6. The molecule has 0 bridgehead atoms. The zero-order chi connectivity index (χ0) is 11.8. The van der Waals surface area contributed by atoms with Gasteiger partial charge in [0.1, 0.15) is 5.60 Å². The third-order valence-corrected chi connectivity index (χ3v) is 3.15. The van der Waals surface area contributed by atoms with E-state index in [9.17, 15) is 5.11 Å². The molecular formula is C13H16N2O. The summed E-state index contributed by atoms with van der Waals surface area (Å²) in [6.07, 6.45) is 3.23. The molecule has 1 heterocycles. The average molecular weight is 216 g/mol. The van der Waals surface area contributed by atoms with E-state index in [-0.39, 0.29) is 0 Å². The molecule has 0 unspecified atom stereocenters. The minimum Gasteiger partial charge on any atom is -0.379 e. The molecule has 1 atom stereocenters. The highest BCUT2D eigenvalue weighted by Crippen LogP contribution is 2.30. The van der Waals surface area contributed by atoms with Gasteiger partial charge in [0.2, 0.25) is 0 Å². The van der Waals surface area contributed by atoms with Gasteiger partial charge in [-0.3, -0.25) is 0 Å². The Morgan fingerprint density at radius 2 is 2.06 bits per heavy atom. The van der Waals surface area contributed by atoms with Crippen LogP contribution in [0.5, 0.6) is 0 Å². The van der Waals surface area contributed by atoms with Gasteiger partial charge in [-0.1, -0.05) is 18.2 Å². The number of nitrogens with zero attached hydrogens (tertiary/aromatic N) is 1. The fraction of sp³-hybridized carbons (Fsp3) is 0.308. The number of aromatic nitrogens is 2. The summed E-state index contributed by atoms with van der Waals surface area (Å²) >= 11 is 0. The van der Waals surface area contributed by atoms with Gasteiger partial charge < -0.3 is 10.1 Å². The molecule has 0 radical (unpaired) electrons. The maximum atomic E-state index is 10.6. The molecule has 0 spiro atoms. The van der Waals surface area contributed by atoms with Crippen LogP contribution in [0, 0.1) is 13.8 Å². The smallest absolute Gasteiger partial charge is 0.128 e. The number of aliphatic hydroxyl groups is 1. The van der Waals surface area contributed by atoms with E-state index in [2.05, 4.69) is 9.97 Å². The van der Waals surface area contributed by atoms with Crippen LogP contribution in [-0.2, 0) is 5.60 Å². The summed E-state index contributed by atoms with van der Waals surface area (Å²) in [5.74, 6) is 0. The average Bonchev–Trinajstić information content (AvgIpc) is 2.75. The lowest BCUT2D eigenvalue weighted by molar-refractivity contribution is 0.0971. The van der Waals surface area contributed by atoms with Gasteiger partial charge >= 0.3 is 0 Å². The molecule has 0 amide bonds. The zero-order valence-electron chi connectivity index (χ0n) is 9.78. The van der Waals surface area contributed by atoms with Crippen molar-refractivity contribution in [1.82, 2.24) is 9.97 Å². The Hall–Kier alpha value is -1.61. The fourth-order valence-corrected chi connectivity index (χ4v) is 1.95. The highest BCUT2D eigenvalue weighted by atomic mass is 16.3. The molecular weight excluding hydrogens is 200 g/mol. The Balaban J connectivity index is 2.56. The van der Waals surface area contributed by atoms with Crippen LogP contribution in [0.4, 0.5) is 0 Å². The Bertz CT molecular complexity index is 487. The molecule has 84 valence electrons. The second-order valence-corrected chi connectivity index (χ2v) is 4.28. The highest BCUT2D eigenvalue weighted by molar-refractivity contribution is 5.40. The Morgan fingerprint density at radius 1 is 1.31 bits per heavy atom. The minimum atomic E-state index is -1.02. The van der Waals surface area contributed by atoms with Crippen molar-refractivity contribution in [3.63, 3.8) is 0 Å². The van der Waals surface area contributed by atoms with Crippen molar-refractivity contribution in [1.29, 1.82) is 0 Å². The van der Waals surface area contributed by atoms with Crippen molar-refractivity contribution in [2.75, 3.05) is 0 Å². The van der Waals surface area contributed by atoms with Crippen LogP contribution >= 0.6 is 0 Å². The number of rotatable bonds is 2. The third-order valence-electron chi connectivity index (χ3n) is 3.15. The number of nitrogens with one attached hydrogen (secondary N) is 1. The van der Waals surface area contributed by atoms with Gasteiger partial charge in [0.05, 0.1) is 18.2 Å². The molecule has 0 aliphatic rings. The third kappa shape index (κ3) is 1.63. The Labute approximate surface area is 95.2 Å². The van der Waals surface area contributed by atoms with Crippen LogP contribution in [0.25, 0.3) is 0 Å². The first-order chi connectivity index (χ1) is 7.53. The number of benzene rings is 1. The summed E-state index contributed by atoms with van der Waals surface area (Å²) < 4.78 is 0. The quantitative estimate of drug-likeness (QED) is 0.809. The summed E-state index contributed by atoms with van der Waals surface area (Å²) in [6, 6.07) is 5.95. The molecule has 1 aromatic carbocycles. The molecule has 0 fully saturated rings. The number of hydrogen-bond donors (Lipinski definition) is 2. The molecule has 0 aliphatic carbocycles. The second-order valence-electron chi connectivity index (χ2n) is 4.28. The van der Waals surface area contributed by atoms with Gasteiger partial charge in [0.25, 0.3) is 0 Å². The predicted octanol–water partition coefficient (Wildman–Crippen LogP) is 2.28. The molecule has 1 aromatic heterocycles. The van der Waals surface area contributed by atoms with E-state index in [1.807, 2.05) is 32.0 Å². The van der Waals surface area contributed by atoms with Gasteiger partial charge in [0.15, 0.2) is 0 Å². The van der Waals surface area contributed by atoms with E-state index in [1.165, 1.54) is 5.56 Å². The normalized spacial score (nSPS) is 14.8. The van der Waals surface area contributed by atoms with Crippen LogP contribution in [0.1, 0.15) is 29.3 Å². The lowest BCUT2D eigenvalue weighted by Gasteiger charge is -2.25. The lowest BCUT2D eigenvalue weighted by Crippen LogP contribution is -2.24. The molecule has 0 aliphatic heterocycles. The summed E-state index contributed by atoms with van der Waals surface area (Å²) in [5.41, 5.74) is 2.89.